The van der Waals surface area contributed by atoms with Gasteiger partial charge in [-0.25, -0.2) is 0 Å². The van der Waals surface area contributed by atoms with E-state index in [0.717, 1.165) is 26.2 Å². The van der Waals surface area contributed by atoms with Crippen molar-refractivity contribution >= 4 is 5.69 Å². The van der Waals surface area contributed by atoms with E-state index >= 15 is 0 Å². The normalized spacial score (nSPS) is 33.2. The van der Waals surface area contributed by atoms with Gasteiger partial charge in [-0.15, -0.1) is 0 Å². The monoisotopic (exact) mass is 276 g/mol. The molecule has 1 saturated heterocycles. The third kappa shape index (κ3) is 2.12. The molecule has 1 aromatic rings. The smallest absolute Gasteiger partial charge is 0.111 e. The van der Waals surface area contributed by atoms with E-state index in [2.05, 4.69) is 34.1 Å². The Balaban J connectivity index is 1.55. The number of rotatable bonds is 3. The van der Waals surface area contributed by atoms with E-state index in [9.17, 15) is 10.2 Å². The van der Waals surface area contributed by atoms with Gasteiger partial charge >= 0.3 is 0 Å². The van der Waals surface area contributed by atoms with Gasteiger partial charge in [0.05, 0.1) is 6.10 Å². The Hall–Kier alpha value is -1.10. The second-order valence-corrected chi connectivity index (χ2v) is 6.65. The van der Waals surface area contributed by atoms with Crippen LogP contribution >= 0.6 is 0 Å². The average Bonchev–Trinajstić information content (AvgIpc) is 2.84. The highest BCUT2D eigenvalue weighted by molar-refractivity contribution is 5.46. The van der Waals surface area contributed by atoms with E-state index in [1.807, 2.05) is 19.9 Å². The number of nitrogens with zero attached hydrogens (tertiary/aromatic N) is 2. The minimum absolute atomic E-state index is 0.371. The SMILES string of the molecule is CC1(C)C(O)C1(O)CN1CCN(c2ccccc2)CC1. The number of aliphatic hydroxyl groups excluding tert-OH is 1. The summed E-state index contributed by atoms with van der Waals surface area (Å²) in [6, 6.07) is 10.4. The molecule has 0 amide bonds. The molecule has 1 aromatic carbocycles. The quantitative estimate of drug-likeness (QED) is 0.862. The maximum absolute atomic E-state index is 10.5. The molecular formula is C16H24N2O2. The minimum atomic E-state index is -0.929. The molecule has 2 unspecified atom stereocenters. The minimum Gasteiger partial charge on any atom is -0.389 e. The van der Waals surface area contributed by atoms with Crippen molar-refractivity contribution in [2.24, 2.45) is 5.41 Å². The Morgan fingerprint density at radius 3 is 2.15 bits per heavy atom. The van der Waals surface area contributed by atoms with Gasteiger partial charge in [-0.1, -0.05) is 32.0 Å². The van der Waals surface area contributed by atoms with Gasteiger partial charge in [0.1, 0.15) is 5.60 Å². The number of β-amino-alcohol motifs (C(OH)–C–C–N with tert-alkyl or cyclic N) is 1. The fourth-order valence-electron chi connectivity index (χ4n) is 3.24. The second kappa shape index (κ2) is 4.72. The molecule has 2 atom stereocenters. The van der Waals surface area contributed by atoms with Gasteiger partial charge in [0.2, 0.25) is 0 Å². The van der Waals surface area contributed by atoms with Crippen molar-refractivity contribution < 1.29 is 10.2 Å². The molecule has 110 valence electrons. The Morgan fingerprint density at radius 1 is 1.10 bits per heavy atom. The van der Waals surface area contributed by atoms with Crippen LogP contribution < -0.4 is 4.90 Å². The third-order valence-electron chi connectivity index (χ3n) is 5.13. The number of anilines is 1. The molecule has 0 radical (unpaired) electrons. The number of aliphatic hydroxyl groups is 2. The van der Waals surface area contributed by atoms with Gasteiger partial charge in [0, 0.05) is 43.8 Å². The molecule has 1 aliphatic heterocycles. The zero-order valence-electron chi connectivity index (χ0n) is 12.3. The first kappa shape index (κ1) is 13.9. The molecule has 1 aliphatic carbocycles. The van der Waals surface area contributed by atoms with Crippen LogP contribution in [0, 0.1) is 5.41 Å². The highest BCUT2D eigenvalue weighted by Crippen LogP contribution is 2.55. The molecule has 0 spiro atoms. The molecule has 1 heterocycles. The average molecular weight is 276 g/mol. The number of piperazine rings is 1. The Morgan fingerprint density at radius 2 is 1.65 bits per heavy atom. The molecule has 2 fully saturated rings. The Labute approximate surface area is 120 Å². The van der Waals surface area contributed by atoms with Gasteiger partial charge in [-0.2, -0.15) is 0 Å². The highest BCUT2D eigenvalue weighted by Gasteiger charge is 2.70. The van der Waals surface area contributed by atoms with Crippen LogP contribution in [0.5, 0.6) is 0 Å². The van der Waals surface area contributed by atoms with Crippen molar-refractivity contribution in [3.63, 3.8) is 0 Å². The number of para-hydroxylation sites is 1. The van der Waals surface area contributed by atoms with Crippen molar-refractivity contribution in [2.45, 2.75) is 25.6 Å². The van der Waals surface area contributed by atoms with E-state index in [0.29, 0.717) is 6.54 Å². The van der Waals surface area contributed by atoms with Crippen LogP contribution in [-0.2, 0) is 0 Å². The lowest BCUT2D eigenvalue weighted by molar-refractivity contribution is 0.0361. The van der Waals surface area contributed by atoms with Gasteiger partial charge in [-0.3, -0.25) is 4.90 Å². The summed E-state index contributed by atoms with van der Waals surface area (Å²) in [5.74, 6) is 0. The van der Waals surface area contributed by atoms with Crippen LogP contribution in [0.3, 0.4) is 0 Å². The van der Waals surface area contributed by atoms with Crippen molar-refractivity contribution in [3.05, 3.63) is 30.3 Å². The van der Waals surface area contributed by atoms with Crippen LogP contribution in [0.2, 0.25) is 0 Å². The lowest BCUT2D eigenvalue weighted by atomic mass is 10.1. The summed E-state index contributed by atoms with van der Waals surface area (Å²) in [6.45, 7) is 8.23. The topological polar surface area (TPSA) is 46.9 Å². The van der Waals surface area contributed by atoms with Crippen molar-refractivity contribution in [1.82, 2.24) is 4.90 Å². The fraction of sp³-hybridized carbons (Fsp3) is 0.625. The lowest BCUT2D eigenvalue weighted by Crippen LogP contribution is -2.50. The van der Waals surface area contributed by atoms with E-state index in [1.165, 1.54) is 5.69 Å². The summed E-state index contributed by atoms with van der Waals surface area (Å²) in [5, 5.41) is 20.3. The molecule has 1 saturated carbocycles. The summed E-state index contributed by atoms with van der Waals surface area (Å²) in [6.07, 6.45) is -0.595. The summed E-state index contributed by atoms with van der Waals surface area (Å²) < 4.78 is 0. The van der Waals surface area contributed by atoms with Crippen LogP contribution in [0.25, 0.3) is 0 Å². The van der Waals surface area contributed by atoms with Crippen LogP contribution in [-0.4, -0.2) is 59.5 Å². The summed E-state index contributed by atoms with van der Waals surface area (Å²) >= 11 is 0. The van der Waals surface area contributed by atoms with Gasteiger partial charge < -0.3 is 15.1 Å². The van der Waals surface area contributed by atoms with E-state index in [-0.39, 0.29) is 5.41 Å². The van der Waals surface area contributed by atoms with E-state index in [4.69, 9.17) is 0 Å². The van der Waals surface area contributed by atoms with Gasteiger partial charge in [0.25, 0.3) is 0 Å². The molecule has 20 heavy (non-hydrogen) atoms. The predicted molar refractivity (Wildman–Crippen MR) is 79.8 cm³/mol. The summed E-state index contributed by atoms with van der Waals surface area (Å²) in [5.41, 5.74) is -0.0384. The standard InChI is InChI=1S/C16H24N2O2/c1-15(2)14(19)16(15,20)12-17-8-10-18(11-9-17)13-6-4-3-5-7-13/h3-7,14,19-20H,8-12H2,1-2H3. The first-order valence-corrected chi connectivity index (χ1v) is 7.38. The molecule has 4 nitrogen and oxygen atoms in total. The molecular weight excluding hydrogens is 252 g/mol. The molecule has 4 heteroatoms. The van der Waals surface area contributed by atoms with E-state index in [1.54, 1.807) is 0 Å². The third-order valence-corrected chi connectivity index (χ3v) is 5.13. The molecule has 2 aliphatic rings. The second-order valence-electron chi connectivity index (χ2n) is 6.65. The summed E-state index contributed by atoms with van der Waals surface area (Å²) in [4.78, 5) is 4.63. The Bertz CT molecular complexity index is 469. The molecule has 0 bridgehead atoms. The first-order valence-electron chi connectivity index (χ1n) is 7.38. The van der Waals surface area contributed by atoms with Crippen LogP contribution in [0.4, 0.5) is 5.69 Å². The van der Waals surface area contributed by atoms with E-state index < -0.39 is 11.7 Å². The number of hydrogen-bond donors (Lipinski definition) is 2. The van der Waals surface area contributed by atoms with Crippen molar-refractivity contribution in [2.75, 3.05) is 37.6 Å². The van der Waals surface area contributed by atoms with Crippen LogP contribution in [0.15, 0.2) is 30.3 Å². The first-order chi connectivity index (χ1) is 9.45. The van der Waals surface area contributed by atoms with Gasteiger partial charge in [0.15, 0.2) is 0 Å². The number of hydrogen-bond acceptors (Lipinski definition) is 4. The molecule has 0 aromatic heterocycles. The molecule has 2 N–H and O–H groups in total. The van der Waals surface area contributed by atoms with Crippen molar-refractivity contribution in [1.29, 1.82) is 0 Å². The molecule has 3 rings (SSSR count). The zero-order valence-corrected chi connectivity index (χ0v) is 12.3. The zero-order chi connectivity index (χ0) is 14.4. The highest BCUT2D eigenvalue weighted by atomic mass is 16.4. The largest absolute Gasteiger partial charge is 0.389 e. The lowest BCUT2D eigenvalue weighted by Gasteiger charge is -2.37. The van der Waals surface area contributed by atoms with Gasteiger partial charge in [-0.05, 0) is 12.1 Å². The maximum Gasteiger partial charge on any atom is 0.111 e. The fourth-order valence-corrected chi connectivity index (χ4v) is 3.24. The van der Waals surface area contributed by atoms with Crippen LogP contribution in [0.1, 0.15) is 13.8 Å². The van der Waals surface area contributed by atoms with Crippen molar-refractivity contribution in [3.8, 4) is 0 Å². The predicted octanol–water partition coefficient (Wildman–Crippen LogP) is 0.940. The summed E-state index contributed by atoms with van der Waals surface area (Å²) in [7, 11) is 0. The maximum atomic E-state index is 10.5. The Kier molecular flexibility index (Phi) is 3.27. The number of benzene rings is 1.